The van der Waals surface area contributed by atoms with Crippen molar-refractivity contribution in [2.45, 2.75) is 51.4 Å². The number of carbonyl (C=O) groups excluding carboxylic acids is 1. The maximum absolute atomic E-state index is 11.1. The number of hydrogen-bond acceptors (Lipinski definition) is 2. The third kappa shape index (κ3) is 5.64. The number of ether oxygens (including phenoxy) is 1. The first-order valence-electron chi connectivity index (χ1n) is 5.51. The Morgan fingerprint density at radius 2 is 1.64 bits per heavy atom. The Morgan fingerprint density at radius 1 is 0.929 bits per heavy atom. The molecule has 0 atom stereocenters. The molecule has 1 rings (SSSR count). The smallest absolute Gasteiger partial charge is 0.305 e. The zero-order chi connectivity index (χ0) is 10.1. The summed E-state index contributed by atoms with van der Waals surface area (Å²) in [5.74, 6) is 6.05. The first-order chi connectivity index (χ1) is 6.89. The van der Waals surface area contributed by atoms with Gasteiger partial charge in [-0.25, -0.2) is 0 Å². The highest BCUT2D eigenvalue weighted by molar-refractivity contribution is 5.69. The first-order valence-corrected chi connectivity index (χ1v) is 5.51. The van der Waals surface area contributed by atoms with E-state index in [4.69, 9.17) is 4.74 Å². The number of rotatable bonds is 0. The molecule has 0 spiro atoms. The van der Waals surface area contributed by atoms with Crippen LogP contribution in [0.15, 0.2) is 0 Å². The van der Waals surface area contributed by atoms with Crippen LogP contribution in [0.2, 0.25) is 0 Å². The van der Waals surface area contributed by atoms with Gasteiger partial charge in [0.15, 0.2) is 0 Å². The number of hydrogen-bond donors (Lipinski definition) is 0. The van der Waals surface area contributed by atoms with E-state index in [1.807, 2.05) is 0 Å². The van der Waals surface area contributed by atoms with E-state index in [0.29, 0.717) is 19.4 Å². The molecule has 1 aliphatic rings. The fourth-order valence-electron chi connectivity index (χ4n) is 1.48. The molecule has 0 aliphatic carbocycles. The van der Waals surface area contributed by atoms with Gasteiger partial charge >= 0.3 is 5.97 Å². The van der Waals surface area contributed by atoms with Crippen LogP contribution in [0.5, 0.6) is 0 Å². The lowest BCUT2D eigenvalue weighted by Gasteiger charge is -2.01. The van der Waals surface area contributed by atoms with Crippen LogP contribution < -0.4 is 0 Å². The van der Waals surface area contributed by atoms with Gasteiger partial charge in [-0.05, 0) is 12.8 Å². The van der Waals surface area contributed by atoms with Gasteiger partial charge in [0.05, 0.1) is 0 Å². The summed E-state index contributed by atoms with van der Waals surface area (Å²) < 4.78 is 5.01. The molecule has 0 radical (unpaired) electrons. The molecule has 0 aromatic carbocycles. The van der Waals surface area contributed by atoms with Gasteiger partial charge in [-0.1, -0.05) is 25.2 Å². The second kappa shape index (κ2) is 7.44. The summed E-state index contributed by atoms with van der Waals surface area (Å²) in [6.07, 6.45) is 8.02. The molecule has 0 bridgehead atoms. The van der Waals surface area contributed by atoms with Gasteiger partial charge in [-0.15, -0.1) is 5.92 Å². The van der Waals surface area contributed by atoms with Crippen molar-refractivity contribution in [1.29, 1.82) is 0 Å². The summed E-state index contributed by atoms with van der Waals surface area (Å²) in [5, 5.41) is 0. The summed E-state index contributed by atoms with van der Waals surface area (Å²) in [6.45, 7) is 0.464. The maximum atomic E-state index is 11.1. The van der Waals surface area contributed by atoms with E-state index in [1.165, 1.54) is 19.3 Å². The molecule has 14 heavy (non-hydrogen) atoms. The van der Waals surface area contributed by atoms with Crippen LogP contribution in [0.25, 0.3) is 0 Å². The highest BCUT2D eigenvalue weighted by atomic mass is 16.5. The van der Waals surface area contributed by atoms with Crippen molar-refractivity contribution in [3.8, 4) is 11.8 Å². The molecule has 0 N–H and O–H groups in total. The van der Waals surface area contributed by atoms with E-state index in [2.05, 4.69) is 11.8 Å². The Hall–Kier alpha value is -0.970. The molecule has 0 aromatic rings. The van der Waals surface area contributed by atoms with E-state index < -0.39 is 0 Å². The summed E-state index contributed by atoms with van der Waals surface area (Å²) in [6, 6.07) is 0. The van der Waals surface area contributed by atoms with Crippen LogP contribution in [0.4, 0.5) is 0 Å². The minimum absolute atomic E-state index is 0.0638. The lowest BCUT2D eigenvalue weighted by Crippen LogP contribution is -2.04. The Labute approximate surface area is 86.0 Å². The van der Waals surface area contributed by atoms with E-state index in [9.17, 15) is 4.79 Å². The lowest BCUT2D eigenvalue weighted by molar-refractivity contribution is -0.143. The second-order valence-electron chi connectivity index (χ2n) is 3.59. The fraction of sp³-hybridized carbons (Fsp3) is 0.750. The zero-order valence-corrected chi connectivity index (χ0v) is 8.68. The predicted molar refractivity (Wildman–Crippen MR) is 55.7 cm³/mol. The molecule has 0 amide bonds. The van der Waals surface area contributed by atoms with E-state index in [0.717, 1.165) is 19.3 Å². The molecule has 2 nitrogen and oxygen atoms in total. The summed E-state index contributed by atoms with van der Waals surface area (Å²) in [7, 11) is 0. The quantitative estimate of drug-likeness (QED) is 0.438. The Bertz CT molecular complexity index is 222. The molecule has 0 unspecified atom stereocenters. The van der Waals surface area contributed by atoms with Crippen LogP contribution in [0.3, 0.4) is 0 Å². The summed E-state index contributed by atoms with van der Waals surface area (Å²) in [5.41, 5.74) is 0. The molecular weight excluding hydrogens is 176 g/mol. The second-order valence-corrected chi connectivity index (χ2v) is 3.59. The van der Waals surface area contributed by atoms with E-state index in [-0.39, 0.29) is 5.97 Å². The van der Waals surface area contributed by atoms with Crippen molar-refractivity contribution in [2.24, 2.45) is 0 Å². The number of cyclic esters (lactones) is 1. The fourth-order valence-corrected chi connectivity index (χ4v) is 1.48. The van der Waals surface area contributed by atoms with Crippen LogP contribution >= 0.6 is 0 Å². The van der Waals surface area contributed by atoms with Crippen molar-refractivity contribution in [3.05, 3.63) is 0 Å². The topological polar surface area (TPSA) is 26.3 Å². The molecule has 0 aromatic heterocycles. The third-order valence-electron chi connectivity index (χ3n) is 2.30. The minimum Gasteiger partial charge on any atom is -0.465 e. The van der Waals surface area contributed by atoms with Gasteiger partial charge in [-0.2, -0.15) is 0 Å². The highest BCUT2D eigenvalue weighted by Crippen LogP contribution is 2.08. The van der Waals surface area contributed by atoms with Crippen LogP contribution in [-0.2, 0) is 9.53 Å². The van der Waals surface area contributed by atoms with Gasteiger partial charge in [0.2, 0.25) is 0 Å². The molecule has 1 heterocycles. The van der Waals surface area contributed by atoms with Crippen molar-refractivity contribution < 1.29 is 9.53 Å². The molecule has 0 saturated carbocycles. The van der Waals surface area contributed by atoms with E-state index >= 15 is 0 Å². The molecule has 2 heteroatoms. The minimum atomic E-state index is -0.0638. The van der Waals surface area contributed by atoms with Gasteiger partial charge in [0.1, 0.15) is 6.61 Å². The average Bonchev–Trinajstić information content (AvgIpc) is 2.20. The van der Waals surface area contributed by atoms with Gasteiger partial charge < -0.3 is 4.74 Å². The lowest BCUT2D eigenvalue weighted by atomic mass is 10.1. The van der Waals surface area contributed by atoms with E-state index in [1.54, 1.807) is 0 Å². The monoisotopic (exact) mass is 194 g/mol. The summed E-state index contributed by atoms with van der Waals surface area (Å²) >= 11 is 0. The van der Waals surface area contributed by atoms with Crippen LogP contribution in [0, 0.1) is 11.8 Å². The number of carbonyl (C=O) groups is 1. The van der Waals surface area contributed by atoms with Gasteiger partial charge in [0.25, 0.3) is 0 Å². The van der Waals surface area contributed by atoms with Crippen molar-refractivity contribution in [2.75, 3.05) is 6.61 Å². The van der Waals surface area contributed by atoms with Crippen molar-refractivity contribution in [1.82, 2.24) is 0 Å². The average molecular weight is 194 g/mol. The number of esters is 1. The first kappa shape index (κ1) is 11.1. The molecule has 0 saturated heterocycles. The maximum Gasteiger partial charge on any atom is 0.305 e. The van der Waals surface area contributed by atoms with Crippen molar-refractivity contribution >= 4 is 5.97 Å². The zero-order valence-electron chi connectivity index (χ0n) is 8.68. The van der Waals surface area contributed by atoms with Crippen LogP contribution in [0.1, 0.15) is 51.4 Å². The van der Waals surface area contributed by atoms with Crippen LogP contribution in [-0.4, -0.2) is 12.6 Å². The highest BCUT2D eigenvalue weighted by Gasteiger charge is 2.01. The van der Waals surface area contributed by atoms with Gasteiger partial charge in [0, 0.05) is 19.3 Å². The molecule has 78 valence electrons. The van der Waals surface area contributed by atoms with Gasteiger partial charge in [-0.3, -0.25) is 4.79 Å². The summed E-state index contributed by atoms with van der Waals surface area (Å²) in [4.78, 5) is 11.1. The Morgan fingerprint density at radius 3 is 2.57 bits per heavy atom. The molecular formula is C12H18O2. The molecule has 0 fully saturated rings. The predicted octanol–water partition coefficient (Wildman–Crippen LogP) is 2.67. The SMILES string of the molecule is O=C1CCCCCCCC#CCCO1. The Balaban J connectivity index is 2.25. The molecule has 1 aliphatic heterocycles. The Kier molecular flexibility index (Phi) is 5.90. The normalized spacial score (nSPS) is 20.4. The third-order valence-corrected chi connectivity index (χ3v) is 2.30. The standard InChI is InChI=1S/C12H18O2/c13-12-10-8-6-4-2-1-3-5-7-9-11-14-12/h1-4,6,8-11H2. The van der Waals surface area contributed by atoms with Crippen molar-refractivity contribution in [3.63, 3.8) is 0 Å². The largest absolute Gasteiger partial charge is 0.465 e.